The summed E-state index contributed by atoms with van der Waals surface area (Å²) in [5.74, 6) is -1.28. The molecule has 0 N–H and O–H groups in total. The number of halogens is 3. The van der Waals surface area contributed by atoms with E-state index in [0.717, 1.165) is 18.4 Å². The number of benzene rings is 1. The topological polar surface area (TPSA) is 66.9 Å². The van der Waals surface area contributed by atoms with E-state index in [-0.39, 0.29) is 30.3 Å². The Morgan fingerprint density at radius 3 is 2.52 bits per heavy atom. The van der Waals surface area contributed by atoms with Crippen molar-refractivity contribution in [3.05, 3.63) is 29.3 Å². The molecule has 180 valence electrons. The van der Waals surface area contributed by atoms with Gasteiger partial charge in [-0.05, 0) is 55.4 Å². The van der Waals surface area contributed by atoms with Gasteiger partial charge in [-0.3, -0.25) is 19.3 Å². The molecule has 0 radical (unpaired) electrons. The highest BCUT2D eigenvalue weighted by molar-refractivity contribution is 6.39. The first-order valence-corrected chi connectivity index (χ1v) is 11.4. The predicted octanol–water partition coefficient (Wildman–Crippen LogP) is 3.65. The molecule has 2 saturated heterocycles. The molecule has 2 fully saturated rings. The smallest absolute Gasteiger partial charge is 0.406 e. The molecule has 3 aliphatic heterocycles. The molecule has 2 unspecified atom stereocenters. The third-order valence-corrected chi connectivity index (χ3v) is 7.48. The van der Waals surface area contributed by atoms with Crippen molar-refractivity contribution in [2.45, 2.75) is 83.9 Å². The normalized spacial score (nSPS) is 25.3. The number of amides is 1. The van der Waals surface area contributed by atoms with Crippen molar-refractivity contribution in [3.63, 3.8) is 0 Å². The number of piperidine rings is 1. The number of Topliss-reactive ketones (excluding diaryl/α,β-unsaturated/α-hetero) is 2. The van der Waals surface area contributed by atoms with Crippen molar-refractivity contribution < 1.29 is 32.3 Å². The van der Waals surface area contributed by atoms with Crippen molar-refractivity contribution in [1.29, 1.82) is 0 Å². The van der Waals surface area contributed by atoms with Crippen LogP contribution in [-0.4, -0.2) is 58.3 Å². The molecule has 0 saturated carbocycles. The Labute approximate surface area is 191 Å². The van der Waals surface area contributed by atoms with Crippen molar-refractivity contribution in [3.8, 4) is 5.75 Å². The molecule has 1 aromatic carbocycles. The van der Waals surface area contributed by atoms with Gasteiger partial charge in [0.2, 0.25) is 17.5 Å². The molecule has 0 aromatic heterocycles. The number of ketones is 2. The van der Waals surface area contributed by atoms with Crippen LogP contribution in [0.3, 0.4) is 0 Å². The van der Waals surface area contributed by atoms with Gasteiger partial charge in [0.25, 0.3) is 0 Å². The Morgan fingerprint density at radius 2 is 1.85 bits per heavy atom. The van der Waals surface area contributed by atoms with Crippen LogP contribution in [0.5, 0.6) is 5.75 Å². The molecule has 3 aliphatic rings. The summed E-state index contributed by atoms with van der Waals surface area (Å²) in [6.07, 6.45) is -1.64. The maximum absolute atomic E-state index is 13.4. The summed E-state index contributed by atoms with van der Waals surface area (Å²) in [5.41, 5.74) is 0.761. The van der Waals surface area contributed by atoms with Crippen molar-refractivity contribution in [1.82, 2.24) is 9.80 Å². The van der Waals surface area contributed by atoms with Crippen LogP contribution in [0, 0.1) is 5.41 Å². The number of hydrogen-bond donors (Lipinski definition) is 0. The second-order valence-corrected chi connectivity index (χ2v) is 9.89. The van der Waals surface area contributed by atoms with Gasteiger partial charge in [-0.1, -0.05) is 26.8 Å². The fourth-order valence-corrected chi connectivity index (χ4v) is 5.32. The zero-order chi connectivity index (χ0) is 24.1. The Bertz CT molecular complexity index is 975. The molecule has 9 heteroatoms. The molecule has 3 atom stereocenters. The molecule has 33 heavy (non-hydrogen) atoms. The minimum Gasteiger partial charge on any atom is -0.406 e. The summed E-state index contributed by atoms with van der Waals surface area (Å²) < 4.78 is 42.1. The number of rotatable bonds is 6. The van der Waals surface area contributed by atoms with Crippen LogP contribution in [0.2, 0.25) is 0 Å². The second-order valence-electron chi connectivity index (χ2n) is 9.89. The average Bonchev–Trinajstić information content (AvgIpc) is 2.75. The standard InChI is InChI=1S/C24H29F3N2O4/c1-4-23(2,3)21(31)20(30)13-28-17-6-5-7-18(28)22(32)29-12-14-8-9-16(33-24(25,26)27)10-15(14)11-19(17)29/h8-10,17-19H,4-7,11-13H2,1-3H3/t17?,18?,19-/m0/s1. The van der Waals surface area contributed by atoms with Gasteiger partial charge < -0.3 is 9.64 Å². The van der Waals surface area contributed by atoms with Gasteiger partial charge in [0, 0.05) is 18.0 Å². The Balaban J connectivity index is 1.59. The lowest BCUT2D eigenvalue weighted by molar-refractivity contribution is -0.274. The van der Waals surface area contributed by atoms with E-state index in [1.54, 1.807) is 24.8 Å². The zero-order valence-corrected chi connectivity index (χ0v) is 19.1. The van der Waals surface area contributed by atoms with Gasteiger partial charge in [0.15, 0.2) is 0 Å². The van der Waals surface area contributed by atoms with E-state index >= 15 is 0 Å². The number of carbonyl (C=O) groups excluding carboxylic acids is 3. The average molecular weight is 467 g/mol. The highest BCUT2D eigenvalue weighted by Crippen LogP contribution is 2.39. The van der Waals surface area contributed by atoms with Crippen LogP contribution < -0.4 is 4.74 Å². The molecule has 3 heterocycles. The lowest BCUT2D eigenvalue weighted by atomic mass is 9.78. The Morgan fingerprint density at radius 1 is 1.12 bits per heavy atom. The summed E-state index contributed by atoms with van der Waals surface area (Å²) in [6, 6.07) is 3.41. The number of alkyl halides is 3. The van der Waals surface area contributed by atoms with Gasteiger partial charge in [-0.25, -0.2) is 0 Å². The number of nitrogens with zero attached hydrogens (tertiary/aromatic N) is 2. The molecule has 0 aliphatic carbocycles. The Kier molecular flexibility index (Phi) is 6.05. The van der Waals surface area contributed by atoms with Crippen molar-refractivity contribution in [2.75, 3.05) is 6.54 Å². The van der Waals surface area contributed by atoms with E-state index in [1.165, 1.54) is 12.1 Å². The molecule has 4 rings (SSSR count). The molecule has 0 spiro atoms. The maximum atomic E-state index is 13.4. The molecular weight excluding hydrogens is 437 g/mol. The largest absolute Gasteiger partial charge is 0.573 e. The van der Waals surface area contributed by atoms with Gasteiger partial charge >= 0.3 is 6.36 Å². The summed E-state index contributed by atoms with van der Waals surface area (Å²) in [7, 11) is 0. The summed E-state index contributed by atoms with van der Waals surface area (Å²) in [6.45, 7) is 5.57. The summed E-state index contributed by atoms with van der Waals surface area (Å²) >= 11 is 0. The minimum absolute atomic E-state index is 0.0766. The van der Waals surface area contributed by atoms with Crippen LogP contribution in [0.25, 0.3) is 0 Å². The van der Waals surface area contributed by atoms with E-state index in [4.69, 9.17) is 0 Å². The highest BCUT2D eigenvalue weighted by atomic mass is 19.4. The van der Waals surface area contributed by atoms with Gasteiger partial charge in [-0.2, -0.15) is 0 Å². The van der Waals surface area contributed by atoms with Crippen molar-refractivity contribution >= 4 is 17.5 Å². The van der Waals surface area contributed by atoms with Crippen LogP contribution in [-0.2, 0) is 27.3 Å². The third-order valence-electron chi connectivity index (χ3n) is 7.48. The lowest BCUT2D eigenvalue weighted by Gasteiger charge is -2.55. The van der Waals surface area contributed by atoms with E-state index in [1.807, 2.05) is 11.8 Å². The first-order valence-electron chi connectivity index (χ1n) is 11.4. The second kappa shape index (κ2) is 8.42. The molecule has 2 bridgehead atoms. The first kappa shape index (κ1) is 23.7. The van der Waals surface area contributed by atoms with Crippen LogP contribution in [0.4, 0.5) is 13.2 Å². The monoisotopic (exact) mass is 466 g/mol. The molecule has 1 amide bonds. The first-order chi connectivity index (χ1) is 15.4. The van der Waals surface area contributed by atoms with E-state index in [9.17, 15) is 27.6 Å². The fourth-order valence-electron chi connectivity index (χ4n) is 5.32. The SMILES string of the molecule is CCC(C)(C)C(=O)C(=O)CN1C2CCCC1[C@@H]1Cc3cc(OC(F)(F)F)ccc3CN1C2=O. The minimum atomic E-state index is -4.78. The van der Waals surface area contributed by atoms with Crippen LogP contribution in [0.1, 0.15) is 57.6 Å². The molecule has 6 nitrogen and oxygen atoms in total. The number of hydrogen-bond acceptors (Lipinski definition) is 5. The highest BCUT2D eigenvalue weighted by Gasteiger charge is 2.51. The van der Waals surface area contributed by atoms with E-state index in [0.29, 0.717) is 31.4 Å². The van der Waals surface area contributed by atoms with Gasteiger partial charge in [-0.15, -0.1) is 13.2 Å². The predicted molar refractivity (Wildman–Crippen MR) is 113 cm³/mol. The van der Waals surface area contributed by atoms with Crippen LogP contribution >= 0.6 is 0 Å². The fraction of sp³-hybridized carbons (Fsp3) is 0.625. The Hall–Kier alpha value is -2.42. The number of piperazine rings is 1. The third kappa shape index (κ3) is 4.52. The summed E-state index contributed by atoms with van der Waals surface area (Å²) in [5, 5.41) is 0. The molecular formula is C24H29F3N2O4. The van der Waals surface area contributed by atoms with E-state index < -0.39 is 29.4 Å². The van der Waals surface area contributed by atoms with Crippen LogP contribution in [0.15, 0.2) is 18.2 Å². The summed E-state index contributed by atoms with van der Waals surface area (Å²) in [4.78, 5) is 42.6. The van der Waals surface area contributed by atoms with Gasteiger partial charge in [0.1, 0.15) is 5.75 Å². The number of ether oxygens (including phenoxy) is 1. The van der Waals surface area contributed by atoms with E-state index in [2.05, 4.69) is 4.74 Å². The number of fused-ring (bicyclic) bond motifs is 5. The maximum Gasteiger partial charge on any atom is 0.573 e. The zero-order valence-electron chi connectivity index (χ0n) is 19.1. The molecule has 1 aromatic rings. The van der Waals surface area contributed by atoms with Gasteiger partial charge in [0.05, 0.1) is 18.6 Å². The quantitative estimate of drug-likeness (QED) is 0.599. The lowest BCUT2D eigenvalue weighted by Crippen LogP contribution is -2.70. The van der Waals surface area contributed by atoms with Crippen molar-refractivity contribution in [2.24, 2.45) is 5.41 Å². The number of carbonyl (C=O) groups is 3.